The maximum Gasteiger partial charge on any atom is 0.237 e. The zero-order valence-corrected chi connectivity index (χ0v) is 13.3. The maximum atomic E-state index is 13.0. The van der Waals surface area contributed by atoms with Crippen molar-refractivity contribution in [2.45, 2.75) is 32.4 Å². The van der Waals surface area contributed by atoms with E-state index >= 15 is 0 Å². The Bertz CT molecular complexity index is 447. The molecule has 21 heavy (non-hydrogen) atoms. The second kappa shape index (κ2) is 8.10. The molecule has 0 aliphatic rings. The molecule has 1 aromatic carbocycles. The Kier molecular flexibility index (Phi) is 6.78. The number of amides is 1. The molecule has 1 amide bonds. The largest absolute Gasteiger partial charge is 0.353 e. The summed E-state index contributed by atoms with van der Waals surface area (Å²) in [5, 5.41) is 2.89. The molecule has 1 aromatic rings. The van der Waals surface area contributed by atoms with Crippen molar-refractivity contribution < 1.29 is 9.18 Å². The van der Waals surface area contributed by atoms with E-state index in [0.717, 1.165) is 12.0 Å². The third kappa shape index (κ3) is 5.10. The molecule has 4 nitrogen and oxygen atoms in total. The topological polar surface area (TPSA) is 58.4 Å². The third-order valence-electron chi connectivity index (χ3n) is 3.91. The van der Waals surface area contributed by atoms with Crippen LogP contribution in [0.15, 0.2) is 24.3 Å². The lowest BCUT2D eigenvalue weighted by Gasteiger charge is -2.26. The molecular formula is C16H26FN3O. The van der Waals surface area contributed by atoms with Crippen LogP contribution in [0.1, 0.15) is 31.9 Å². The predicted octanol–water partition coefficient (Wildman–Crippen LogP) is 1.92. The Balaban J connectivity index is 2.68. The van der Waals surface area contributed by atoms with Gasteiger partial charge >= 0.3 is 0 Å². The summed E-state index contributed by atoms with van der Waals surface area (Å²) in [6.45, 7) is 4.42. The van der Waals surface area contributed by atoms with E-state index in [1.807, 2.05) is 32.8 Å². The van der Waals surface area contributed by atoms with Crippen LogP contribution < -0.4 is 11.1 Å². The van der Waals surface area contributed by atoms with Gasteiger partial charge in [-0.25, -0.2) is 4.39 Å². The van der Waals surface area contributed by atoms with Gasteiger partial charge in [0, 0.05) is 6.54 Å². The summed E-state index contributed by atoms with van der Waals surface area (Å²) >= 11 is 0. The molecule has 0 aliphatic carbocycles. The number of nitrogens with zero attached hydrogens (tertiary/aromatic N) is 1. The highest BCUT2D eigenvalue weighted by Gasteiger charge is 2.21. The number of hydrogen-bond acceptors (Lipinski definition) is 3. The van der Waals surface area contributed by atoms with Crippen molar-refractivity contribution in [2.75, 3.05) is 20.6 Å². The number of carbonyl (C=O) groups is 1. The number of halogens is 1. The molecule has 0 aliphatic heterocycles. The lowest BCUT2D eigenvalue weighted by molar-refractivity contribution is -0.123. The Morgan fingerprint density at radius 1 is 1.33 bits per heavy atom. The van der Waals surface area contributed by atoms with Gasteiger partial charge < -0.3 is 16.0 Å². The third-order valence-corrected chi connectivity index (χ3v) is 3.91. The van der Waals surface area contributed by atoms with Gasteiger partial charge in [0.25, 0.3) is 0 Å². The normalized spacial score (nSPS) is 15.6. The van der Waals surface area contributed by atoms with Gasteiger partial charge in [-0.2, -0.15) is 0 Å². The van der Waals surface area contributed by atoms with Crippen molar-refractivity contribution in [3.05, 3.63) is 35.6 Å². The highest BCUT2D eigenvalue weighted by Crippen LogP contribution is 2.18. The van der Waals surface area contributed by atoms with Crippen LogP contribution in [-0.2, 0) is 4.79 Å². The number of carbonyl (C=O) groups excluding carboxylic acids is 1. The summed E-state index contributed by atoms with van der Waals surface area (Å²) in [5.74, 6) is -0.258. The molecule has 0 heterocycles. The minimum absolute atomic E-state index is 0.0151. The Morgan fingerprint density at radius 2 is 1.90 bits per heavy atom. The fourth-order valence-corrected chi connectivity index (χ4v) is 2.11. The first-order valence-corrected chi connectivity index (χ1v) is 7.32. The van der Waals surface area contributed by atoms with Gasteiger partial charge in [-0.1, -0.05) is 32.4 Å². The van der Waals surface area contributed by atoms with Gasteiger partial charge in [0.1, 0.15) is 5.82 Å². The van der Waals surface area contributed by atoms with Crippen LogP contribution in [0.5, 0.6) is 0 Å². The molecule has 0 saturated carbocycles. The average Bonchev–Trinajstić information content (AvgIpc) is 2.47. The van der Waals surface area contributed by atoms with Crippen molar-refractivity contribution in [3.63, 3.8) is 0 Å². The monoisotopic (exact) mass is 295 g/mol. The Hall–Kier alpha value is -1.46. The van der Waals surface area contributed by atoms with E-state index in [4.69, 9.17) is 5.73 Å². The maximum absolute atomic E-state index is 13.0. The van der Waals surface area contributed by atoms with Crippen molar-refractivity contribution in [3.8, 4) is 0 Å². The van der Waals surface area contributed by atoms with Crippen LogP contribution in [0.2, 0.25) is 0 Å². The molecule has 0 radical (unpaired) electrons. The first-order valence-electron chi connectivity index (χ1n) is 7.32. The van der Waals surface area contributed by atoms with Gasteiger partial charge in [0.05, 0.1) is 12.1 Å². The first-order chi connectivity index (χ1) is 9.86. The summed E-state index contributed by atoms with van der Waals surface area (Å²) in [6.07, 6.45) is 0.865. The van der Waals surface area contributed by atoms with Crippen molar-refractivity contribution in [1.82, 2.24) is 10.2 Å². The van der Waals surface area contributed by atoms with Crippen LogP contribution in [0.3, 0.4) is 0 Å². The van der Waals surface area contributed by atoms with E-state index < -0.39 is 6.04 Å². The molecule has 0 aromatic heterocycles. The van der Waals surface area contributed by atoms with Crippen molar-refractivity contribution in [2.24, 2.45) is 11.7 Å². The lowest BCUT2D eigenvalue weighted by atomic mass is 9.99. The summed E-state index contributed by atoms with van der Waals surface area (Å²) < 4.78 is 13.0. The zero-order valence-electron chi connectivity index (χ0n) is 13.3. The number of nitrogens with two attached hydrogens (primary N) is 1. The second-order valence-electron chi connectivity index (χ2n) is 5.69. The number of nitrogens with one attached hydrogen (secondary N) is 1. The minimum Gasteiger partial charge on any atom is -0.353 e. The molecular weight excluding hydrogens is 269 g/mol. The van der Waals surface area contributed by atoms with Gasteiger partial charge in [0.2, 0.25) is 5.91 Å². The van der Waals surface area contributed by atoms with Crippen molar-refractivity contribution in [1.29, 1.82) is 0 Å². The van der Waals surface area contributed by atoms with E-state index in [2.05, 4.69) is 5.32 Å². The van der Waals surface area contributed by atoms with E-state index in [1.54, 1.807) is 12.1 Å². The number of rotatable bonds is 7. The number of likely N-dealkylation sites (N-methyl/N-ethyl adjacent to an activating group) is 1. The highest BCUT2D eigenvalue weighted by atomic mass is 19.1. The minimum atomic E-state index is -0.494. The second-order valence-corrected chi connectivity index (χ2v) is 5.69. The van der Waals surface area contributed by atoms with Gasteiger partial charge in [0.15, 0.2) is 0 Å². The van der Waals surface area contributed by atoms with Crippen LogP contribution in [0, 0.1) is 11.7 Å². The lowest BCUT2D eigenvalue weighted by Crippen LogP contribution is -2.46. The highest BCUT2D eigenvalue weighted by molar-refractivity contribution is 5.81. The van der Waals surface area contributed by atoms with E-state index in [9.17, 15) is 9.18 Å². The molecule has 3 atom stereocenters. The Labute approximate surface area is 126 Å². The van der Waals surface area contributed by atoms with Crippen LogP contribution in [-0.4, -0.2) is 37.5 Å². The molecule has 118 valence electrons. The fourth-order valence-electron chi connectivity index (χ4n) is 2.11. The molecule has 0 spiro atoms. The molecule has 0 bridgehead atoms. The summed E-state index contributed by atoms with van der Waals surface area (Å²) in [4.78, 5) is 14.0. The molecule has 3 unspecified atom stereocenters. The quantitative estimate of drug-likeness (QED) is 0.808. The smallest absolute Gasteiger partial charge is 0.237 e. The van der Waals surface area contributed by atoms with E-state index in [0.29, 0.717) is 6.54 Å². The standard InChI is InChI=1S/C16H26FN3O/c1-5-11(2)15(18)16(21)19-10-14(20(3)4)12-6-8-13(17)9-7-12/h6-9,11,14-15H,5,10,18H2,1-4H3,(H,19,21). The van der Waals surface area contributed by atoms with E-state index in [1.165, 1.54) is 12.1 Å². The van der Waals surface area contributed by atoms with Crippen molar-refractivity contribution >= 4 is 5.91 Å². The number of hydrogen-bond donors (Lipinski definition) is 2. The molecule has 3 N–H and O–H groups in total. The van der Waals surface area contributed by atoms with Gasteiger partial charge in [-0.3, -0.25) is 4.79 Å². The number of benzene rings is 1. The molecule has 5 heteroatoms. The van der Waals surface area contributed by atoms with Crippen LogP contribution >= 0.6 is 0 Å². The van der Waals surface area contributed by atoms with Gasteiger partial charge in [-0.05, 0) is 37.7 Å². The average molecular weight is 295 g/mol. The first kappa shape index (κ1) is 17.6. The summed E-state index contributed by atoms with van der Waals surface area (Å²) in [6, 6.07) is 5.82. The zero-order chi connectivity index (χ0) is 16.0. The van der Waals surface area contributed by atoms with E-state index in [-0.39, 0.29) is 23.7 Å². The SMILES string of the molecule is CCC(C)C(N)C(=O)NCC(c1ccc(F)cc1)N(C)C. The molecule has 1 rings (SSSR count). The predicted molar refractivity (Wildman–Crippen MR) is 83.3 cm³/mol. The fraction of sp³-hybridized carbons (Fsp3) is 0.562. The summed E-state index contributed by atoms with van der Waals surface area (Å²) in [7, 11) is 3.85. The van der Waals surface area contributed by atoms with Gasteiger partial charge in [-0.15, -0.1) is 0 Å². The van der Waals surface area contributed by atoms with Crippen LogP contribution in [0.25, 0.3) is 0 Å². The molecule has 0 saturated heterocycles. The van der Waals surface area contributed by atoms with Crippen LogP contribution in [0.4, 0.5) is 4.39 Å². The summed E-state index contributed by atoms with van der Waals surface area (Å²) in [5.41, 5.74) is 6.87. The Morgan fingerprint density at radius 3 is 2.38 bits per heavy atom. The molecule has 0 fully saturated rings.